The van der Waals surface area contributed by atoms with Crippen LogP contribution < -0.4 is 10.1 Å². The number of rotatable bonds is 3. The lowest BCUT2D eigenvalue weighted by atomic mass is 10.2. The van der Waals surface area contributed by atoms with Crippen LogP contribution in [0, 0.1) is 0 Å². The zero-order valence-electron chi connectivity index (χ0n) is 8.52. The molecule has 0 amide bonds. The van der Waals surface area contributed by atoms with E-state index in [9.17, 15) is 4.79 Å². The van der Waals surface area contributed by atoms with Gasteiger partial charge in [0.05, 0.1) is 0 Å². The second-order valence-electron chi connectivity index (χ2n) is 3.73. The van der Waals surface area contributed by atoms with Gasteiger partial charge in [-0.15, -0.1) is 0 Å². The largest absolute Gasteiger partial charge is 0.489 e. The summed E-state index contributed by atoms with van der Waals surface area (Å²) in [6.07, 6.45) is 0.363. The maximum Gasteiger partial charge on any atom is 0.320 e. The summed E-state index contributed by atoms with van der Waals surface area (Å²) in [4.78, 5) is 10.7. The molecule has 0 radical (unpaired) electrons. The summed E-state index contributed by atoms with van der Waals surface area (Å²) in [6.45, 7) is 0.545. The Bertz CT molecular complexity index is 397. The molecule has 0 bridgehead atoms. The number of aliphatic carboxylic acids is 1. The van der Waals surface area contributed by atoms with E-state index in [0.717, 1.165) is 0 Å². The maximum atomic E-state index is 10.7. The second kappa shape index (κ2) is 4.72. The fourth-order valence-corrected chi connectivity index (χ4v) is 1.89. The third-order valence-electron chi connectivity index (χ3n) is 2.49. The molecule has 0 aliphatic carbocycles. The molecule has 1 aliphatic rings. The molecular formula is C11H12ClNO3. The van der Waals surface area contributed by atoms with Gasteiger partial charge in [0.2, 0.25) is 0 Å². The molecule has 2 rings (SSSR count). The minimum absolute atomic E-state index is 0.112. The van der Waals surface area contributed by atoms with Gasteiger partial charge in [0.15, 0.2) is 0 Å². The maximum absolute atomic E-state index is 10.7. The molecule has 0 spiro atoms. The first-order chi connectivity index (χ1) is 7.65. The molecule has 2 atom stereocenters. The number of benzene rings is 1. The Hall–Kier alpha value is -1.26. The summed E-state index contributed by atoms with van der Waals surface area (Å²) < 4.78 is 5.63. The first kappa shape index (κ1) is 11.2. The van der Waals surface area contributed by atoms with Crippen molar-refractivity contribution in [2.24, 2.45) is 0 Å². The van der Waals surface area contributed by atoms with Gasteiger partial charge in [0.1, 0.15) is 17.9 Å². The third kappa shape index (κ3) is 2.65. The molecule has 1 fully saturated rings. The van der Waals surface area contributed by atoms with E-state index in [1.807, 2.05) is 0 Å². The highest BCUT2D eigenvalue weighted by atomic mass is 35.5. The van der Waals surface area contributed by atoms with E-state index in [0.29, 0.717) is 23.7 Å². The van der Waals surface area contributed by atoms with Gasteiger partial charge in [0, 0.05) is 18.0 Å². The van der Waals surface area contributed by atoms with Crippen LogP contribution >= 0.6 is 11.6 Å². The molecule has 2 N–H and O–H groups in total. The molecule has 1 aromatic carbocycles. The van der Waals surface area contributed by atoms with E-state index in [2.05, 4.69) is 5.32 Å². The van der Waals surface area contributed by atoms with Crippen LogP contribution in [0.3, 0.4) is 0 Å². The van der Waals surface area contributed by atoms with Gasteiger partial charge >= 0.3 is 5.97 Å². The van der Waals surface area contributed by atoms with Crippen LogP contribution in [0.4, 0.5) is 0 Å². The Labute approximate surface area is 98.2 Å². The number of hydrogen-bond donors (Lipinski definition) is 2. The topological polar surface area (TPSA) is 58.6 Å². The van der Waals surface area contributed by atoms with Gasteiger partial charge in [-0.3, -0.25) is 4.79 Å². The smallest absolute Gasteiger partial charge is 0.320 e. The highest BCUT2D eigenvalue weighted by molar-refractivity contribution is 6.30. The minimum Gasteiger partial charge on any atom is -0.489 e. The lowest BCUT2D eigenvalue weighted by molar-refractivity contribution is -0.139. The highest BCUT2D eigenvalue weighted by Gasteiger charge is 2.30. The molecule has 86 valence electrons. The van der Waals surface area contributed by atoms with Gasteiger partial charge in [-0.05, 0) is 18.2 Å². The monoisotopic (exact) mass is 241 g/mol. The zero-order valence-corrected chi connectivity index (χ0v) is 9.28. The number of ether oxygens (including phenoxy) is 1. The number of carboxylic acid groups (broad SMARTS) is 1. The number of nitrogens with one attached hydrogen (secondary N) is 1. The molecule has 1 heterocycles. The highest BCUT2D eigenvalue weighted by Crippen LogP contribution is 2.21. The van der Waals surface area contributed by atoms with Crippen molar-refractivity contribution >= 4 is 17.6 Å². The van der Waals surface area contributed by atoms with Crippen molar-refractivity contribution in [3.63, 3.8) is 0 Å². The molecule has 4 nitrogen and oxygen atoms in total. The fourth-order valence-electron chi connectivity index (χ4n) is 1.71. The number of carboxylic acids is 1. The molecular weight excluding hydrogens is 230 g/mol. The molecule has 16 heavy (non-hydrogen) atoms. The standard InChI is InChI=1S/C11H12ClNO3/c12-7-2-1-3-8(4-7)16-9-5-10(11(14)15)13-6-9/h1-4,9-10,13H,5-6H2,(H,14,15)/t9-,10?/m0/s1. The van der Waals surface area contributed by atoms with E-state index in [4.69, 9.17) is 21.4 Å². The first-order valence-electron chi connectivity index (χ1n) is 5.03. The van der Waals surface area contributed by atoms with Gasteiger partial charge in [-0.1, -0.05) is 17.7 Å². The number of hydrogen-bond acceptors (Lipinski definition) is 3. The zero-order chi connectivity index (χ0) is 11.5. The van der Waals surface area contributed by atoms with E-state index in [1.54, 1.807) is 24.3 Å². The summed E-state index contributed by atoms with van der Waals surface area (Å²) >= 11 is 5.82. The predicted octanol–water partition coefficient (Wildman–Crippen LogP) is 1.53. The summed E-state index contributed by atoms with van der Waals surface area (Å²) in [5.41, 5.74) is 0. The summed E-state index contributed by atoms with van der Waals surface area (Å²) in [5, 5.41) is 12.3. The van der Waals surface area contributed by atoms with Gasteiger partial charge in [0.25, 0.3) is 0 Å². The van der Waals surface area contributed by atoms with Gasteiger partial charge in [-0.25, -0.2) is 0 Å². The van der Waals surface area contributed by atoms with Crippen LogP contribution in [0.5, 0.6) is 5.75 Å². The molecule has 0 aromatic heterocycles. The van der Waals surface area contributed by atoms with Crippen molar-refractivity contribution < 1.29 is 14.6 Å². The summed E-state index contributed by atoms with van der Waals surface area (Å²) in [7, 11) is 0. The van der Waals surface area contributed by atoms with Crippen LogP contribution in [0.2, 0.25) is 5.02 Å². The Morgan fingerprint density at radius 3 is 3.00 bits per heavy atom. The van der Waals surface area contributed by atoms with Gasteiger partial charge < -0.3 is 15.2 Å². The van der Waals surface area contributed by atoms with Crippen LogP contribution in [0.1, 0.15) is 6.42 Å². The number of halogens is 1. The average Bonchev–Trinajstić information content (AvgIpc) is 2.66. The molecule has 1 unspecified atom stereocenters. The Morgan fingerprint density at radius 2 is 2.38 bits per heavy atom. The van der Waals surface area contributed by atoms with Crippen LogP contribution in [-0.2, 0) is 4.79 Å². The molecule has 1 aliphatic heterocycles. The average molecular weight is 242 g/mol. The third-order valence-corrected chi connectivity index (χ3v) is 2.72. The van der Waals surface area contributed by atoms with Crippen molar-refractivity contribution in [1.82, 2.24) is 5.32 Å². The Balaban J connectivity index is 1.94. The normalized spacial score (nSPS) is 24.3. The van der Waals surface area contributed by atoms with Crippen molar-refractivity contribution in [2.75, 3.05) is 6.54 Å². The van der Waals surface area contributed by atoms with Crippen molar-refractivity contribution in [3.05, 3.63) is 29.3 Å². The first-order valence-corrected chi connectivity index (χ1v) is 5.41. The SMILES string of the molecule is O=C(O)C1C[C@H](Oc2cccc(Cl)c2)CN1. The molecule has 0 saturated carbocycles. The Kier molecular flexibility index (Phi) is 3.31. The summed E-state index contributed by atoms with van der Waals surface area (Å²) in [5.74, 6) is -0.164. The van der Waals surface area contributed by atoms with Crippen LogP contribution in [0.25, 0.3) is 0 Å². The molecule has 5 heteroatoms. The fraction of sp³-hybridized carbons (Fsp3) is 0.364. The predicted molar refractivity (Wildman–Crippen MR) is 59.9 cm³/mol. The second-order valence-corrected chi connectivity index (χ2v) is 4.17. The van der Waals surface area contributed by atoms with E-state index in [1.165, 1.54) is 0 Å². The summed E-state index contributed by atoms with van der Waals surface area (Å²) in [6, 6.07) is 6.58. The van der Waals surface area contributed by atoms with E-state index < -0.39 is 12.0 Å². The van der Waals surface area contributed by atoms with E-state index in [-0.39, 0.29) is 6.10 Å². The van der Waals surface area contributed by atoms with Crippen molar-refractivity contribution in [2.45, 2.75) is 18.6 Å². The minimum atomic E-state index is -0.836. The van der Waals surface area contributed by atoms with Crippen LogP contribution in [-0.4, -0.2) is 29.8 Å². The van der Waals surface area contributed by atoms with Crippen LogP contribution in [0.15, 0.2) is 24.3 Å². The van der Waals surface area contributed by atoms with Gasteiger partial charge in [-0.2, -0.15) is 0 Å². The molecule has 1 saturated heterocycles. The van der Waals surface area contributed by atoms with Crippen molar-refractivity contribution in [1.29, 1.82) is 0 Å². The Morgan fingerprint density at radius 1 is 1.56 bits per heavy atom. The number of carbonyl (C=O) groups is 1. The quantitative estimate of drug-likeness (QED) is 0.843. The molecule has 1 aromatic rings. The van der Waals surface area contributed by atoms with E-state index >= 15 is 0 Å². The van der Waals surface area contributed by atoms with Crippen molar-refractivity contribution in [3.8, 4) is 5.75 Å². The lowest BCUT2D eigenvalue weighted by Gasteiger charge is -2.12. The lowest BCUT2D eigenvalue weighted by Crippen LogP contribution is -2.30.